The lowest BCUT2D eigenvalue weighted by Gasteiger charge is -2.36. The Kier molecular flexibility index (Phi) is 2.35. The number of nitrogens with zero attached hydrogens (tertiary/aromatic N) is 1. The van der Waals surface area contributed by atoms with Gasteiger partial charge in [-0.1, -0.05) is 54.6 Å². The molecule has 0 radical (unpaired) electrons. The van der Waals surface area contributed by atoms with Crippen molar-refractivity contribution >= 4 is 0 Å². The van der Waals surface area contributed by atoms with Crippen molar-refractivity contribution < 1.29 is 4.57 Å². The van der Waals surface area contributed by atoms with Gasteiger partial charge in [-0.05, 0) is 40.5 Å². The molecule has 126 valence electrons. The highest BCUT2D eigenvalue weighted by atomic mass is 15.1. The Morgan fingerprint density at radius 1 is 0.519 bits per heavy atom. The SMILES string of the molecule is c1ccc2c(c1)C[C@]13Cc4ccccc4-c4cccc([n+]41)-c1cccc-2c13. The van der Waals surface area contributed by atoms with E-state index in [9.17, 15) is 0 Å². The summed E-state index contributed by atoms with van der Waals surface area (Å²) in [5.74, 6) is 0. The van der Waals surface area contributed by atoms with Crippen LogP contribution in [0.15, 0.2) is 84.9 Å². The molecule has 1 aromatic heterocycles. The van der Waals surface area contributed by atoms with Gasteiger partial charge in [-0.25, -0.2) is 0 Å². The molecule has 1 spiro atoms. The molecule has 3 heterocycles. The molecule has 0 saturated carbocycles. The molecular formula is C26H18N+. The minimum atomic E-state index is 0.000556. The molecule has 1 atom stereocenters. The van der Waals surface area contributed by atoms with Gasteiger partial charge in [0.25, 0.3) is 0 Å². The summed E-state index contributed by atoms with van der Waals surface area (Å²) < 4.78 is 2.65. The van der Waals surface area contributed by atoms with E-state index < -0.39 is 0 Å². The fourth-order valence-corrected chi connectivity index (χ4v) is 5.88. The highest BCUT2D eigenvalue weighted by Gasteiger charge is 2.58. The number of hydrogen-bond donors (Lipinski definition) is 0. The summed E-state index contributed by atoms with van der Waals surface area (Å²) in [4.78, 5) is 0. The summed E-state index contributed by atoms with van der Waals surface area (Å²) >= 11 is 0. The summed E-state index contributed by atoms with van der Waals surface area (Å²) in [7, 11) is 0. The van der Waals surface area contributed by atoms with Crippen LogP contribution in [0.5, 0.6) is 0 Å². The van der Waals surface area contributed by atoms with Crippen LogP contribution in [-0.4, -0.2) is 0 Å². The maximum absolute atomic E-state index is 2.65. The van der Waals surface area contributed by atoms with Crippen LogP contribution in [0.25, 0.3) is 33.6 Å². The largest absolute Gasteiger partial charge is 0.214 e. The predicted molar refractivity (Wildman–Crippen MR) is 107 cm³/mol. The van der Waals surface area contributed by atoms with Crippen molar-refractivity contribution in [2.75, 3.05) is 0 Å². The van der Waals surface area contributed by atoms with E-state index in [1.165, 1.54) is 50.3 Å². The molecular weight excluding hydrogens is 326 g/mol. The van der Waals surface area contributed by atoms with Gasteiger partial charge in [0, 0.05) is 36.1 Å². The molecule has 1 aliphatic carbocycles. The Morgan fingerprint density at radius 3 is 1.89 bits per heavy atom. The van der Waals surface area contributed by atoms with E-state index in [2.05, 4.69) is 89.5 Å². The van der Waals surface area contributed by atoms with Crippen LogP contribution in [-0.2, 0) is 18.4 Å². The number of benzene rings is 3. The van der Waals surface area contributed by atoms with Crippen molar-refractivity contribution in [1.82, 2.24) is 0 Å². The van der Waals surface area contributed by atoms with E-state index in [0.29, 0.717) is 0 Å². The Bertz CT molecular complexity index is 1180. The Balaban J connectivity index is 1.68. The quantitative estimate of drug-likeness (QED) is 0.389. The molecule has 0 bridgehead atoms. The molecule has 1 heteroatoms. The van der Waals surface area contributed by atoms with Gasteiger partial charge in [-0.2, -0.15) is 4.57 Å². The van der Waals surface area contributed by atoms with Gasteiger partial charge in [-0.3, -0.25) is 0 Å². The average Bonchev–Trinajstić information content (AvgIpc) is 3.01. The second kappa shape index (κ2) is 4.55. The normalized spacial score (nSPS) is 19.7. The molecule has 27 heavy (non-hydrogen) atoms. The summed E-state index contributed by atoms with van der Waals surface area (Å²) in [6.45, 7) is 0. The van der Waals surface area contributed by atoms with E-state index in [1.54, 1.807) is 0 Å². The van der Waals surface area contributed by atoms with Gasteiger partial charge in [0.05, 0.1) is 5.56 Å². The van der Waals surface area contributed by atoms with Crippen molar-refractivity contribution in [1.29, 1.82) is 0 Å². The third-order valence-corrected chi connectivity index (χ3v) is 6.79. The first-order chi connectivity index (χ1) is 13.4. The zero-order valence-corrected chi connectivity index (χ0v) is 14.9. The first-order valence-corrected chi connectivity index (χ1v) is 9.73. The Morgan fingerprint density at radius 2 is 1.07 bits per heavy atom. The third-order valence-electron chi connectivity index (χ3n) is 6.79. The second-order valence-corrected chi connectivity index (χ2v) is 8.06. The van der Waals surface area contributed by atoms with Crippen molar-refractivity contribution in [3.63, 3.8) is 0 Å². The first kappa shape index (κ1) is 13.9. The fourth-order valence-electron chi connectivity index (χ4n) is 5.88. The molecule has 2 aliphatic heterocycles. The molecule has 0 unspecified atom stereocenters. The van der Waals surface area contributed by atoms with Crippen LogP contribution in [0.4, 0.5) is 0 Å². The number of aromatic nitrogens is 1. The van der Waals surface area contributed by atoms with Gasteiger partial charge in [0.1, 0.15) is 0 Å². The summed E-state index contributed by atoms with van der Waals surface area (Å²) in [6, 6.07) is 31.6. The number of pyridine rings is 1. The van der Waals surface area contributed by atoms with E-state index in [1.807, 2.05) is 0 Å². The Hall–Kier alpha value is -3.19. The second-order valence-electron chi connectivity index (χ2n) is 8.06. The summed E-state index contributed by atoms with van der Waals surface area (Å²) in [5, 5.41) is 0. The summed E-state index contributed by atoms with van der Waals surface area (Å²) in [5.41, 5.74) is 12.8. The minimum Gasteiger partial charge on any atom is -0.181 e. The Labute approximate surface area is 158 Å². The van der Waals surface area contributed by atoms with Crippen LogP contribution in [0.1, 0.15) is 16.7 Å². The monoisotopic (exact) mass is 344 g/mol. The summed E-state index contributed by atoms with van der Waals surface area (Å²) in [6.07, 6.45) is 2.13. The maximum atomic E-state index is 2.65. The zero-order valence-electron chi connectivity index (χ0n) is 14.9. The van der Waals surface area contributed by atoms with Gasteiger partial charge in [-0.15, -0.1) is 0 Å². The van der Waals surface area contributed by atoms with Crippen molar-refractivity contribution in [2.45, 2.75) is 18.4 Å². The number of rotatable bonds is 0. The maximum Gasteiger partial charge on any atom is 0.214 e. The van der Waals surface area contributed by atoms with E-state index >= 15 is 0 Å². The highest BCUT2D eigenvalue weighted by molar-refractivity contribution is 5.85. The van der Waals surface area contributed by atoms with Gasteiger partial charge >= 0.3 is 0 Å². The van der Waals surface area contributed by atoms with Crippen molar-refractivity contribution in [3.05, 3.63) is 102 Å². The first-order valence-electron chi connectivity index (χ1n) is 9.73. The standard InChI is InChI=1S/C26H18N/c1-3-9-19-17(7-1)15-26-16-18-8-2-4-10-20(18)23-13-6-14-24(27(23)26)22-12-5-11-21(19)25(22)26/h1-14H,15-16H2/q+1/t26-/m1/s1. The van der Waals surface area contributed by atoms with E-state index in [-0.39, 0.29) is 5.54 Å². The molecule has 3 aliphatic rings. The lowest BCUT2D eigenvalue weighted by atomic mass is 9.69. The molecule has 0 N–H and O–H groups in total. The molecule has 3 aromatic carbocycles. The molecule has 7 rings (SSSR count). The molecule has 4 aromatic rings. The number of hydrogen-bond acceptors (Lipinski definition) is 0. The molecule has 1 nitrogen and oxygen atoms in total. The van der Waals surface area contributed by atoms with Crippen molar-refractivity contribution in [3.8, 4) is 33.6 Å². The predicted octanol–water partition coefficient (Wildman–Crippen LogP) is 5.14. The lowest BCUT2D eigenvalue weighted by Crippen LogP contribution is -2.61. The van der Waals surface area contributed by atoms with E-state index in [0.717, 1.165) is 12.8 Å². The van der Waals surface area contributed by atoms with Crippen LogP contribution in [0.2, 0.25) is 0 Å². The van der Waals surface area contributed by atoms with Crippen LogP contribution in [0, 0.1) is 0 Å². The smallest absolute Gasteiger partial charge is 0.181 e. The van der Waals surface area contributed by atoms with Crippen LogP contribution >= 0.6 is 0 Å². The topological polar surface area (TPSA) is 3.88 Å². The average molecular weight is 344 g/mol. The highest BCUT2D eigenvalue weighted by Crippen LogP contribution is 2.53. The van der Waals surface area contributed by atoms with Gasteiger partial charge < -0.3 is 0 Å². The third kappa shape index (κ3) is 1.51. The van der Waals surface area contributed by atoms with E-state index in [4.69, 9.17) is 0 Å². The molecule has 0 amide bonds. The minimum absolute atomic E-state index is 0.000556. The fraction of sp³-hybridized carbons (Fsp3) is 0.115. The molecule has 0 saturated heterocycles. The number of fused-ring (bicyclic) bond motifs is 5. The molecule has 0 fully saturated rings. The lowest BCUT2D eigenvalue weighted by molar-refractivity contribution is -0.731. The van der Waals surface area contributed by atoms with Gasteiger partial charge in [0.2, 0.25) is 16.9 Å². The van der Waals surface area contributed by atoms with Crippen molar-refractivity contribution in [2.24, 2.45) is 0 Å². The van der Waals surface area contributed by atoms with Gasteiger partial charge in [0.15, 0.2) is 0 Å². The zero-order chi connectivity index (χ0) is 17.6. The van der Waals surface area contributed by atoms with Crippen LogP contribution < -0.4 is 4.57 Å². The van der Waals surface area contributed by atoms with Crippen LogP contribution in [0.3, 0.4) is 0 Å².